The van der Waals surface area contributed by atoms with E-state index in [-0.39, 0.29) is 16.8 Å². The maximum atomic E-state index is 12.0. The van der Waals surface area contributed by atoms with Crippen LogP contribution in [0.4, 0.5) is 22.7 Å². The molecule has 2 fully saturated rings. The standard InChI is InChI=1S/C24H24N4O4/c29-28(30)21-15-17(7-8-20(21)27-11-9-24(10-12-27)31-13-14-32-24)23-25-18-5-1-3-16-4-2-6-19(26-23)22(16)18/h1-8,15,23,25-26H,9-14H2. The van der Waals surface area contributed by atoms with Crippen molar-refractivity contribution >= 4 is 33.5 Å². The quantitative estimate of drug-likeness (QED) is 0.461. The minimum atomic E-state index is -0.504. The maximum absolute atomic E-state index is 12.0. The summed E-state index contributed by atoms with van der Waals surface area (Å²) in [6.07, 6.45) is 1.16. The van der Waals surface area contributed by atoms with Crippen LogP contribution in [-0.4, -0.2) is 37.0 Å². The van der Waals surface area contributed by atoms with Crippen molar-refractivity contribution in [2.75, 3.05) is 41.8 Å². The molecule has 8 heteroatoms. The minimum Gasteiger partial charge on any atom is -0.366 e. The third-order valence-corrected chi connectivity index (χ3v) is 6.71. The zero-order valence-corrected chi connectivity index (χ0v) is 17.5. The van der Waals surface area contributed by atoms with Crippen LogP contribution in [0.25, 0.3) is 10.8 Å². The van der Waals surface area contributed by atoms with Gasteiger partial charge in [0, 0.05) is 54.3 Å². The van der Waals surface area contributed by atoms with E-state index in [0.29, 0.717) is 44.8 Å². The summed E-state index contributed by atoms with van der Waals surface area (Å²) in [4.78, 5) is 13.8. The molecule has 3 heterocycles. The second-order valence-corrected chi connectivity index (χ2v) is 8.53. The molecule has 2 saturated heterocycles. The van der Waals surface area contributed by atoms with Crippen molar-refractivity contribution in [2.24, 2.45) is 0 Å². The third-order valence-electron chi connectivity index (χ3n) is 6.71. The first kappa shape index (κ1) is 19.3. The summed E-state index contributed by atoms with van der Waals surface area (Å²) in [5, 5.41) is 21.3. The van der Waals surface area contributed by atoms with E-state index < -0.39 is 5.79 Å². The van der Waals surface area contributed by atoms with Crippen molar-refractivity contribution in [3.63, 3.8) is 0 Å². The molecule has 32 heavy (non-hydrogen) atoms. The van der Waals surface area contributed by atoms with Gasteiger partial charge < -0.3 is 25.0 Å². The van der Waals surface area contributed by atoms with Gasteiger partial charge in [-0.2, -0.15) is 0 Å². The smallest absolute Gasteiger partial charge is 0.292 e. The Morgan fingerprint density at radius 2 is 1.62 bits per heavy atom. The molecular weight excluding hydrogens is 408 g/mol. The average Bonchev–Trinajstić information content (AvgIpc) is 3.27. The average molecular weight is 432 g/mol. The molecular formula is C24H24N4O4. The van der Waals surface area contributed by atoms with E-state index in [4.69, 9.17) is 9.47 Å². The van der Waals surface area contributed by atoms with E-state index in [1.165, 1.54) is 0 Å². The lowest BCUT2D eigenvalue weighted by Crippen LogP contribution is -2.45. The monoisotopic (exact) mass is 432 g/mol. The number of hydrogen-bond acceptors (Lipinski definition) is 7. The van der Waals surface area contributed by atoms with E-state index in [9.17, 15) is 10.1 Å². The van der Waals surface area contributed by atoms with E-state index in [2.05, 4.69) is 27.7 Å². The van der Waals surface area contributed by atoms with Gasteiger partial charge in [-0.3, -0.25) is 10.1 Å². The number of nitro groups is 1. The van der Waals surface area contributed by atoms with Crippen LogP contribution in [0.5, 0.6) is 0 Å². The van der Waals surface area contributed by atoms with Crippen LogP contribution in [0.1, 0.15) is 24.6 Å². The second kappa shape index (κ2) is 7.36. The summed E-state index contributed by atoms with van der Waals surface area (Å²) in [6.45, 7) is 2.56. The summed E-state index contributed by atoms with van der Waals surface area (Å²) < 4.78 is 11.6. The SMILES string of the molecule is O=[N+]([O-])c1cc(C2Nc3cccc4cccc(c34)N2)ccc1N1CCC2(CC1)OCCO2. The summed E-state index contributed by atoms with van der Waals surface area (Å²) >= 11 is 0. The first-order chi connectivity index (χ1) is 15.6. The Kier molecular flexibility index (Phi) is 4.44. The van der Waals surface area contributed by atoms with Gasteiger partial charge in [-0.15, -0.1) is 0 Å². The fourth-order valence-electron chi connectivity index (χ4n) is 5.10. The van der Waals surface area contributed by atoms with E-state index in [1.807, 2.05) is 36.4 Å². The van der Waals surface area contributed by atoms with Crippen molar-refractivity contribution in [3.8, 4) is 0 Å². The van der Waals surface area contributed by atoms with Crippen molar-refractivity contribution in [1.82, 2.24) is 0 Å². The third kappa shape index (κ3) is 3.14. The number of nitro benzene ring substituents is 1. The highest BCUT2D eigenvalue weighted by atomic mass is 16.7. The lowest BCUT2D eigenvalue weighted by molar-refractivity contribution is -0.384. The molecule has 2 N–H and O–H groups in total. The first-order valence-electron chi connectivity index (χ1n) is 11.0. The van der Waals surface area contributed by atoms with Crippen LogP contribution in [0.15, 0.2) is 54.6 Å². The molecule has 3 aromatic carbocycles. The van der Waals surface area contributed by atoms with Crippen LogP contribution >= 0.6 is 0 Å². The van der Waals surface area contributed by atoms with E-state index >= 15 is 0 Å². The lowest BCUT2D eigenvalue weighted by Gasteiger charge is -2.38. The van der Waals surface area contributed by atoms with Gasteiger partial charge in [0.15, 0.2) is 5.79 Å². The lowest BCUT2D eigenvalue weighted by atomic mass is 10.0. The Labute approximate surface area is 185 Å². The number of nitrogens with zero attached hydrogens (tertiary/aromatic N) is 2. The van der Waals surface area contributed by atoms with Crippen molar-refractivity contribution in [1.29, 1.82) is 0 Å². The highest BCUT2D eigenvalue weighted by Crippen LogP contribution is 2.41. The Morgan fingerprint density at radius 3 is 2.25 bits per heavy atom. The van der Waals surface area contributed by atoms with Crippen molar-refractivity contribution in [3.05, 3.63) is 70.3 Å². The molecule has 0 amide bonds. The van der Waals surface area contributed by atoms with Gasteiger partial charge in [0.2, 0.25) is 0 Å². The second-order valence-electron chi connectivity index (χ2n) is 8.53. The Balaban J connectivity index is 1.29. The molecule has 1 spiro atoms. The Morgan fingerprint density at radius 1 is 0.969 bits per heavy atom. The maximum Gasteiger partial charge on any atom is 0.292 e. The molecule has 0 bridgehead atoms. The first-order valence-corrected chi connectivity index (χ1v) is 11.0. The van der Waals surface area contributed by atoms with Gasteiger partial charge in [0.05, 0.1) is 18.1 Å². The van der Waals surface area contributed by atoms with Crippen LogP contribution in [-0.2, 0) is 9.47 Å². The number of rotatable bonds is 3. The molecule has 0 aromatic heterocycles. The molecule has 6 rings (SSSR count). The van der Waals surface area contributed by atoms with Gasteiger partial charge in [-0.05, 0) is 23.6 Å². The molecule has 0 saturated carbocycles. The normalized spacial score (nSPS) is 19.7. The van der Waals surface area contributed by atoms with Gasteiger partial charge >= 0.3 is 0 Å². The number of ether oxygens (including phenoxy) is 2. The van der Waals surface area contributed by atoms with Crippen LogP contribution in [0.2, 0.25) is 0 Å². The molecule has 3 aliphatic heterocycles. The molecule has 0 unspecified atom stereocenters. The summed E-state index contributed by atoms with van der Waals surface area (Å²) in [5.74, 6) is -0.504. The number of anilines is 3. The van der Waals surface area contributed by atoms with Gasteiger partial charge in [-0.25, -0.2) is 0 Å². The Bertz CT molecular complexity index is 1160. The predicted molar refractivity (Wildman–Crippen MR) is 123 cm³/mol. The molecule has 164 valence electrons. The summed E-state index contributed by atoms with van der Waals surface area (Å²) in [6, 6.07) is 17.8. The highest BCUT2D eigenvalue weighted by Gasteiger charge is 2.40. The molecule has 3 aliphatic rings. The number of piperidine rings is 1. The van der Waals surface area contributed by atoms with Crippen LogP contribution in [0.3, 0.4) is 0 Å². The van der Waals surface area contributed by atoms with Crippen molar-refractivity contribution < 1.29 is 14.4 Å². The highest BCUT2D eigenvalue weighted by molar-refractivity contribution is 6.04. The predicted octanol–water partition coefficient (Wildman–Crippen LogP) is 4.63. The topological polar surface area (TPSA) is 88.9 Å². The fourth-order valence-corrected chi connectivity index (χ4v) is 5.10. The Hall–Kier alpha value is -3.36. The van der Waals surface area contributed by atoms with Crippen LogP contribution in [0, 0.1) is 10.1 Å². The summed E-state index contributed by atoms with van der Waals surface area (Å²) in [7, 11) is 0. The molecule has 0 radical (unpaired) electrons. The number of benzene rings is 3. The number of hydrogen-bond donors (Lipinski definition) is 2. The van der Waals surface area contributed by atoms with E-state index in [1.54, 1.807) is 6.07 Å². The molecule has 8 nitrogen and oxygen atoms in total. The van der Waals surface area contributed by atoms with Gasteiger partial charge in [0.1, 0.15) is 11.9 Å². The molecule has 0 atom stereocenters. The molecule has 0 aliphatic carbocycles. The zero-order valence-electron chi connectivity index (χ0n) is 17.5. The number of nitrogens with one attached hydrogen (secondary N) is 2. The largest absolute Gasteiger partial charge is 0.366 e. The zero-order chi connectivity index (χ0) is 21.7. The van der Waals surface area contributed by atoms with Gasteiger partial charge in [0.25, 0.3) is 5.69 Å². The van der Waals surface area contributed by atoms with E-state index in [0.717, 1.165) is 27.7 Å². The van der Waals surface area contributed by atoms with Gasteiger partial charge in [-0.1, -0.05) is 30.3 Å². The molecule has 3 aromatic rings. The minimum absolute atomic E-state index is 0.118. The van der Waals surface area contributed by atoms with Crippen LogP contribution < -0.4 is 15.5 Å². The fraction of sp³-hybridized carbons (Fsp3) is 0.333. The summed E-state index contributed by atoms with van der Waals surface area (Å²) in [5.41, 5.74) is 3.62. The van der Waals surface area contributed by atoms with Crippen molar-refractivity contribution in [2.45, 2.75) is 24.8 Å².